The molecule has 0 saturated heterocycles. The summed E-state index contributed by atoms with van der Waals surface area (Å²) in [5.41, 5.74) is 2.31. The molecule has 0 bridgehead atoms. The Kier molecular flexibility index (Phi) is 2.89. The minimum absolute atomic E-state index is 0.813. The van der Waals surface area contributed by atoms with Gasteiger partial charge < -0.3 is 9.73 Å². The number of rotatable bonds is 5. The molecule has 0 spiro atoms. The zero-order valence-corrected chi connectivity index (χ0v) is 10.3. The van der Waals surface area contributed by atoms with Crippen LogP contribution in [0.15, 0.2) is 28.7 Å². The summed E-state index contributed by atoms with van der Waals surface area (Å²) in [5, 5.41) is 4.76. The third-order valence-corrected chi connectivity index (χ3v) is 3.33. The molecule has 0 unspecified atom stereocenters. The minimum Gasteiger partial charge on any atom is -0.461 e. The highest BCUT2D eigenvalue weighted by atomic mass is 16.3. The lowest BCUT2D eigenvalue weighted by Crippen LogP contribution is -2.17. The number of aryl methyl sites for hydroxylation is 2. The Bertz CT molecular complexity index is 511. The molecule has 0 atom stereocenters. The minimum atomic E-state index is 0.813. The van der Waals surface area contributed by atoms with Crippen LogP contribution in [0.1, 0.15) is 30.6 Å². The SMILES string of the molecule is Cc1ccc2oc(CCCNC3CC3)cc2c1. The lowest BCUT2D eigenvalue weighted by molar-refractivity contribution is 0.528. The van der Waals surface area contributed by atoms with E-state index in [4.69, 9.17) is 4.42 Å². The number of benzene rings is 1. The highest BCUT2D eigenvalue weighted by molar-refractivity contribution is 5.78. The summed E-state index contributed by atoms with van der Waals surface area (Å²) in [6, 6.07) is 9.35. The predicted octanol–water partition coefficient (Wildman–Crippen LogP) is 3.43. The molecule has 1 fully saturated rings. The fourth-order valence-electron chi connectivity index (χ4n) is 2.20. The van der Waals surface area contributed by atoms with Gasteiger partial charge >= 0.3 is 0 Å². The van der Waals surface area contributed by atoms with E-state index in [1.54, 1.807) is 0 Å². The molecule has 2 heteroatoms. The van der Waals surface area contributed by atoms with Crippen molar-refractivity contribution < 1.29 is 4.42 Å². The molecular formula is C15H19NO. The van der Waals surface area contributed by atoms with E-state index in [0.29, 0.717) is 0 Å². The number of nitrogens with one attached hydrogen (secondary N) is 1. The van der Waals surface area contributed by atoms with Crippen LogP contribution in [-0.2, 0) is 6.42 Å². The Labute approximate surface area is 102 Å². The third kappa shape index (κ3) is 2.70. The van der Waals surface area contributed by atoms with Gasteiger partial charge in [0.25, 0.3) is 0 Å². The van der Waals surface area contributed by atoms with E-state index in [1.165, 1.54) is 23.8 Å². The van der Waals surface area contributed by atoms with Crippen molar-refractivity contribution in [3.05, 3.63) is 35.6 Å². The lowest BCUT2D eigenvalue weighted by atomic mass is 10.1. The van der Waals surface area contributed by atoms with Crippen LogP contribution in [0.5, 0.6) is 0 Å². The van der Waals surface area contributed by atoms with Gasteiger partial charge in [0, 0.05) is 17.8 Å². The summed E-state index contributed by atoms with van der Waals surface area (Å²) in [6.07, 6.45) is 4.93. The summed E-state index contributed by atoms with van der Waals surface area (Å²) in [7, 11) is 0. The number of hydrogen-bond acceptors (Lipinski definition) is 2. The fraction of sp³-hybridized carbons (Fsp3) is 0.467. The van der Waals surface area contributed by atoms with E-state index in [9.17, 15) is 0 Å². The molecule has 1 aromatic carbocycles. The van der Waals surface area contributed by atoms with Gasteiger partial charge in [-0.15, -0.1) is 0 Å². The molecule has 1 N–H and O–H groups in total. The maximum Gasteiger partial charge on any atom is 0.134 e. The third-order valence-electron chi connectivity index (χ3n) is 3.33. The van der Waals surface area contributed by atoms with Crippen LogP contribution in [0.25, 0.3) is 11.0 Å². The van der Waals surface area contributed by atoms with Gasteiger partial charge in [-0.05, 0) is 50.9 Å². The average molecular weight is 229 g/mol. The molecule has 0 radical (unpaired) electrons. The lowest BCUT2D eigenvalue weighted by Gasteiger charge is -1.99. The van der Waals surface area contributed by atoms with Crippen molar-refractivity contribution >= 4 is 11.0 Å². The first-order valence-electron chi connectivity index (χ1n) is 6.54. The summed E-state index contributed by atoms with van der Waals surface area (Å²) < 4.78 is 5.82. The highest BCUT2D eigenvalue weighted by Crippen LogP contribution is 2.22. The summed E-state index contributed by atoms with van der Waals surface area (Å²) in [4.78, 5) is 0. The van der Waals surface area contributed by atoms with E-state index in [-0.39, 0.29) is 0 Å². The second-order valence-corrected chi connectivity index (χ2v) is 5.09. The molecule has 2 nitrogen and oxygen atoms in total. The molecule has 2 aromatic rings. The van der Waals surface area contributed by atoms with Gasteiger partial charge in [0.2, 0.25) is 0 Å². The Morgan fingerprint density at radius 2 is 2.18 bits per heavy atom. The highest BCUT2D eigenvalue weighted by Gasteiger charge is 2.19. The second kappa shape index (κ2) is 4.53. The molecule has 1 aromatic heterocycles. The van der Waals surface area contributed by atoms with Crippen LogP contribution >= 0.6 is 0 Å². The zero-order chi connectivity index (χ0) is 11.7. The molecule has 0 aliphatic heterocycles. The van der Waals surface area contributed by atoms with Crippen LogP contribution in [0.2, 0.25) is 0 Å². The van der Waals surface area contributed by atoms with Crippen LogP contribution in [0, 0.1) is 6.92 Å². The van der Waals surface area contributed by atoms with Crippen LogP contribution in [-0.4, -0.2) is 12.6 Å². The van der Waals surface area contributed by atoms with Gasteiger partial charge in [-0.25, -0.2) is 0 Å². The molecule has 17 heavy (non-hydrogen) atoms. The maximum absolute atomic E-state index is 5.82. The van der Waals surface area contributed by atoms with Crippen molar-refractivity contribution in [2.75, 3.05) is 6.54 Å². The topological polar surface area (TPSA) is 25.2 Å². The number of hydrogen-bond donors (Lipinski definition) is 1. The first-order valence-corrected chi connectivity index (χ1v) is 6.54. The number of furan rings is 1. The first-order chi connectivity index (χ1) is 8.31. The Hall–Kier alpha value is -1.28. The molecule has 1 aliphatic rings. The zero-order valence-electron chi connectivity index (χ0n) is 10.3. The van der Waals surface area contributed by atoms with Crippen molar-refractivity contribution in [2.24, 2.45) is 0 Å². The summed E-state index contributed by atoms with van der Waals surface area (Å²) >= 11 is 0. The van der Waals surface area contributed by atoms with Gasteiger partial charge in [0.15, 0.2) is 0 Å². The molecule has 3 rings (SSSR count). The monoisotopic (exact) mass is 229 g/mol. The van der Waals surface area contributed by atoms with Crippen molar-refractivity contribution in [3.63, 3.8) is 0 Å². The second-order valence-electron chi connectivity index (χ2n) is 5.09. The van der Waals surface area contributed by atoms with Crippen LogP contribution in [0.3, 0.4) is 0 Å². The van der Waals surface area contributed by atoms with E-state index in [1.807, 2.05) is 0 Å². The molecular weight excluding hydrogens is 210 g/mol. The van der Waals surface area contributed by atoms with Gasteiger partial charge in [0.1, 0.15) is 11.3 Å². The standard InChI is InChI=1S/C15H19NO/c1-11-4-7-15-12(9-11)10-14(17-15)3-2-8-16-13-5-6-13/h4,7,9-10,13,16H,2-3,5-6,8H2,1H3. The van der Waals surface area contributed by atoms with Gasteiger partial charge in [-0.2, -0.15) is 0 Å². The number of fused-ring (bicyclic) bond motifs is 1. The van der Waals surface area contributed by atoms with Crippen LogP contribution in [0.4, 0.5) is 0 Å². The molecule has 1 aliphatic carbocycles. The predicted molar refractivity (Wildman–Crippen MR) is 70.3 cm³/mol. The largest absolute Gasteiger partial charge is 0.461 e. The van der Waals surface area contributed by atoms with E-state index < -0.39 is 0 Å². The molecule has 90 valence electrons. The maximum atomic E-state index is 5.82. The van der Waals surface area contributed by atoms with Crippen molar-refractivity contribution in [1.29, 1.82) is 0 Å². The Morgan fingerprint density at radius 3 is 3.00 bits per heavy atom. The molecule has 0 amide bonds. The van der Waals surface area contributed by atoms with Crippen molar-refractivity contribution in [1.82, 2.24) is 5.32 Å². The smallest absolute Gasteiger partial charge is 0.134 e. The normalized spacial score (nSPS) is 15.6. The van der Waals surface area contributed by atoms with Crippen molar-refractivity contribution in [2.45, 2.75) is 38.6 Å². The summed E-state index contributed by atoms with van der Waals surface area (Å²) in [6.45, 7) is 3.23. The fourth-order valence-corrected chi connectivity index (χ4v) is 2.20. The molecule has 1 saturated carbocycles. The van der Waals surface area contributed by atoms with Gasteiger partial charge in [0.05, 0.1) is 0 Å². The summed E-state index contributed by atoms with van der Waals surface area (Å²) in [5.74, 6) is 1.11. The van der Waals surface area contributed by atoms with E-state index >= 15 is 0 Å². The molecule has 1 heterocycles. The average Bonchev–Trinajstić information content (AvgIpc) is 3.04. The van der Waals surface area contributed by atoms with Gasteiger partial charge in [-0.3, -0.25) is 0 Å². The quantitative estimate of drug-likeness (QED) is 0.795. The van der Waals surface area contributed by atoms with Crippen LogP contribution < -0.4 is 5.32 Å². The Morgan fingerprint density at radius 1 is 1.29 bits per heavy atom. The Balaban J connectivity index is 1.60. The van der Waals surface area contributed by atoms with Gasteiger partial charge in [-0.1, -0.05) is 11.6 Å². The van der Waals surface area contributed by atoms with E-state index in [0.717, 1.165) is 36.8 Å². The van der Waals surface area contributed by atoms with Crippen molar-refractivity contribution in [3.8, 4) is 0 Å². The first kappa shape index (κ1) is 10.8. The van der Waals surface area contributed by atoms with E-state index in [2.05, 4.69) is 36.5 Å².